The van der Waals surface area contributed by atoms with Crippen LogP contribution in [0.25, 0.3) is 0 Å². The van der Waals surface area contributed by atoms with Gasteiger partial charge in [-0.05, 0) is 6.42 Å². The summed E-state index contributed by atoms with van der Waals surface area (Å²) in [6.07, 6.45) is 1.88. The Morgan fingerprint density at radius 3 is 2.71 bits per heavy atom. The average Bonchev–Trinajstić information content (AvgIpc) is 2.29. The highest BCUT2D eigenvalue weighted by Gasteiger charge is 2.25. The van der Waals surface area contributed by atoms with Crippen LogP contribution in [0.5, 0.6) is 0 Å². The van der Waals surface area contributed by atoms with E-state index in [-0.39, 0.29) is 11.8 Å². The number of carboxylic acids is 1. The van der Waals surface area contributed by atoms with Crippen molar-refractivity contribution in [1.82, 2.24) is 5.43 Å². The lowest BCUT2D eigenvalue weighted by Gasteiger charge is -2.28. The van der Waals surface area contributed by atoms with E-state index in [0.717, 1.165) is 24.5 Å². The van der Waals surface area contributed by atoms with Crippen LogP contribution >= 0.6 is 0 Å². The van der Waals surface area contributed by atoms with Crippen molar-refractivity contribution >= 4 is 11.9 Å². The number of nitrogens with two attached hydrogens (primary N) is 2. The first-order chi connectivity index (χ1) is 8.00. The van der Waals surface area contributed by atoms with Gasteiger partial charge in [-0.3, -0.25) is 9.80 Å². The van der Waals surface area contributed by atoms with Gasteiger partial charge >= 0.3 is 0 Å². The Hall–Kier alpha value is -1.18. The number of nitrogens with one attached hydrogen (secondary N) is 2. The topological polar surface area (TPSA) is 126 Å². The van der Waals surface area contributed by atoms with Gasteiger partial charge in [0.15, 0.2) is 0 Å². The normalized spacial score (nSPS) is 26.4. The first-order valence-corrected chi connectivity index (χ1v) is 5.85. The molecule has 0 aromatic rings. The summed E-state index contributed by atoms with van der Waals surface area (Å²) in [5.41, 5.74) is 13.7. The van der Waals surface area contributed by atoms with E-state index in [1.165, 1.54) is 0 Å². The van der Waals surface area contributed by atoms with E-state index in [1.807, 2.05) is 0 Å². The molecule has 7 nitrogen and oxygen atoms in total. The van der Waals surface area contributed by atoms with Gasteiger partial charge in [-0.1, -0.05) is 0 Å². The molecule has 1 aliphatic rings. The minimum atomic E-state index is -1.21. The minimum absolute atomic E-state index is 0.0933. The Morgan fingerprint density at radius 2 is 2.24 bits per heavy atom. The second-order valence-electron chi connectivity index (χ2n) is 4.44. The third-order valence-corrected chi connectivity index (χ3v) is 3.09. The fourth-order valence-electron chi connectivity index (χ4n) is 1.92. The molecule has 0 aromatic heterocycles. The summed E-state index contributed by atoms with van der Waals surface area (Å²) in [4.78, 5) is 21.3. The van der Waals surface area contributed by atoms with Crippen LogP contribution < -0.4 is 27.0 Å². The molecule has 0 bridgehead atoms. The lowest BCUT2D eigenvalue weighted by atomic mass is 10.0. The molecule has 0 saturated carbocycles. The summed E-state index contributed by atoms with van der Waals surface area (Å²) < 4.78 is 0. The molecule has 1 fully saturated rings. The van der Waals surface area contributed by atoms with Gasteiger partial charge in [0.05, 0.1) is 31.5 Å². The van der Waals surface area contributed by atoms with Crippen molar-refractivity contribution in [3.63, 3.8) is 0 Å². The Kier molecular flexibility index (Phi) is 5.33. The first kappa shape index (κ1) is 13.9. The maximum absolute atomic E-state index is 10.9. The zero-order valence-electron chi connectivity index (χ0n) is 9.78. The molecule has 17 heavy (non-hydrogen) atoms. The maximum atomic E-state index is 10.9. The van der Waals surface area contributed by atoms with E-state index in [9.17, 15) is 14.7 Å². The number of carboxylic acid groups (broad SMARTS) is 1. The highest BCUT2D eigenvalue weighted by Crippen LogP contribution is 2.00. The van der Waals surface area contributed by atoms with Crippen LogP contribution in [0.1, 0.15) is 19.3 Å². The molecule has 0 aromatic carbocycles. The van der Waals surface area contributed by atoms with Gasteiger partial charge < -0.3 is 21.4 Å². The molecule has 0 radical (unpaired) electrons. The van der Waals surface area contributed by atoms with Crippen molar-refractivity contribution in [2.45, 2.75) is 25.3 Å². The summed E-state index contributed by atoms with van der Waals surface area (Å²) in [6, 6.07) is -0.891. The summed E-state index contributed by atoms with van der Waals surface area (Å²) in [5.74, 6) is -1.57. The number of hydrogen-bond donors (Lipinski definition) is 4. The third kappa shape index (κ3) is 4.68. The van der Waals surface area contributed by atoms with Crippen molar-refractivity contribution < 1.29 is 19.7 Å². The molecule has 0 aliphatic carbocycles. The van der Waals surface area contributed by atoms with E-state index < -0.39 is 12.0 Å². The third-order valence-electron chi connectivity index (χ3n) is 3.09. The molecule has 2 unspecified atom stereocenters. The first-order valence-electron chi connectivity index (χ1n) is 5.85. The van der Waals surface area contributed by atoms with Gasteiger partial charge in [0.25, 0.3) is 0 Å². The Bertz CT molecular complexity index is 277. The second-order valence-corrected chi connectivity index (χ2v) is 4.44. The van der Waals surface area contributed by atoms with Crippen molar-refractivity contribution in [1.29, 1.82) is 0 Å². The number of rotatable bonds is 6. The SMILES string of the molecule is NC(=O)C1CC[NH+](CCC[C@@H](N)C(=O)[O-])NC1. The Balaban J connectivity index is 2.14. The van der Waals surface area contributed by atoms with E-state index in [1.54, 1.807) is 0 Å². The van der Waals surface area contributed by atoms with Crippen LogP contribution in [0.2, 0.25) is 0 Å². The highest BCUT2D eigenvalue weighted by atomic mass is 16.4. The number of hydrogen-bond acceptors (Lipinski definition) is 5. The number of primary amides is 1. The van der Waals surface area contributed by atoms with E-state index in [2.05, 4.69) is 5.43 Å². The van der Waals surface area contributed by atoms with Crippen LogP contribution in [-0.4, -0.2) is 37.6 Å². The fraction of sp³-hybridized carbons (Fsp3) is 0.800. The number of quaternary nitrogens is 1. The summed E-state index contributed by atoms with van der Waals surface area (Å²) in [5, 5.41) is 11.5. The van der Waals surface area contributed by atoms with Crippen LogP contribution in [0.4, 0.5) is 0 Å². The predicted molar refractivity (Wildman–Crippen MR) is 58.2 cm³/mol. The zero-order chi connectivity index (χ0) is 12.8. The average molecular weight is 244 g/mol. The number of aliphatic carboxylic acids is 1. The Labute approximate surface area is 100 Å². The monoisotopic (exact) mass is 244 g/mol. The summed E-state index contributed by atoms with van der Waals surface area (Å²) in [7, 11) is 0. The second kappa shape index (κ2) is 6.53. The van der Waals surface area contributed by atoms with Crippen molar-refractivity contribution in [2.75, 3.05) is 19.6 Å². The lowest BCUT2D eigenvalue weighted by Crippen LogP contribution is -3.20. The molecule has 3 atom stereocenters. The highest BCUT2D eigenvalue weighted by molar-refractivity contribution is 5.76. The van der Waals surface area contributed by atoms with Crippen LogP contribution in [0.15, 0.2) is 0 Å². The lowest BCUT2D eigenvalue weighted by molar-refractivity contribution is -0.950. The van der Waals surface area contributed by atoms with Crippen molar-refractivity contribution in [3.05, 3.63) is 0 Å². The Morgan fingerprint density at radius 1 is 1.53 bits per heavy atom. The van der Waals surface area contributed by atoms with Gasteiger partial charge in [-0.25, -0.2) is 0 Å². The fourth-order valence-corrected chi connectivity index (χ4v) is 1.92. The predicted octanol–water partition coefficient (Wildman–Crippen LogP) is -4.26. The molecule has 0 spiro atoms. The molecule has 1 saturated heterocycles. The smallest absolute Gasteiger partial charge is 0.222 e. The standard InChI is InChI=1S/C10H20N4O3/c11-8(10(16)17)2-1-4-14-5-3-7(6-13-14)9(12)15/h7-8,13H,1-6,11H2,(H2,12,15)(H,16,17)/t7?,8-/m1/s1. The van der Waals surface area contributed by atoms with Gasteiger partial charge in [-0.2, -0.15) is 5.43 Å². The molecule has 1 rings (SSSR count). The van der Waals surface area contributed by atoms with Gasteiger partial charge in [0.2, 0.25) is 5.91 Å². The van der Waals surface area contributed by atoms with E-state index in [4.69, 9.17) is 11.5 Å². The van der Waals surface area contributed by atoms with Crippen molar-refractivity contribution in [2.24, 2.45) is 17.4 Å². The van der Waals surface area contributed by atoms with Crippen LogP contribution in [0.3, 0.4) is 0 Å². The van der Waals surface area contributed by atoms with Crippen LogP contribution in [0, 0.1) is 5.92 Å². The molecule has 98 valence electrons. The zero-order valence-corrected chi connectivity index (χ0v) is 9.78. The summed E-state index contributed by atoms with van der Waals surface area (Å²) >= 11 is 0. The van der Waals surface area contributed by atoms with Gasteiger partial charge in [0.1, 0.15) is 0 Å². The van der Waals surface area contributed by atoms with Gasteiger partial charge in [0, 0.05) is 18.9 Å². The largest absolute Gasteiger partial charge is 0.548 e. The molecule has 1 amide bonds. The van der Waals surface area contributed by atoms with E-state index in [0.29, 0.717) is 19.4 Å². The molecule has 1 aliphatic heterocycles. The minimum Gasteiger partial charge on any atom is -0.548 e. The number of carbonyl (C=O) groups excluding carboxylic acids is 2. The van der Waals surface area contributed by atoms with E-state index >= 15 is 0 Å². The maximum Gasteiger partial charge on any atom is 0.222 e. The molecule has 7 heteroatoms. The van der Waals surface area contributed by atoms with Gasteiger partial charge in [-0.15, -0.1) is 0 Å². The number of amides is 1. The molecule has 6 N–H and O–H groups in total. The summed E-state index contributed by atoms with van der Waals surface area (Å²) in [6.45, 7) is 2.18. The van der Waals surface area contributed by atoms with Crippen LogP contribution in [-0.2, 0) is 9.59 Å². The molecule has 1 heterocycles. The molecular weight excluding hydrogens is 224 g/mol. The molecular formula is C10H20N4O3. The number of carbonyl (C=O) groups is 2. The van der Waals surface area contributed by atoms with Crippen molar-refractivity contribution in [3.8, 4) is 0 Å². The quantitative estimate of drug-likeness (QED) is 0.376.